The zero-order valence-corrected chi connectivity index (χ0v) is 10.9. The van der Waals surface area contributed by atoms with Crippen LogP contribution in [0, 0.1) is 0 Å². The van der Waals surface area contributed by atoms with E-state index in [9.17, 15) is 0 Å². The van der Waals surface area contributed by atoms with Gasteiger partial charge < -0.3 is 4.74 Å². The second-order valence-corrected chi connectivity index (χ2v) is 4.45. The van der Waals surface area contributed by atoms with Crippen LogP contribution in [0.3, 0.4) is 0 Å². The van der Waals surface area contributed by atoms with E-state index in [1.54, 1.807) is 12.3 Å². The van der Waals surface area contributed by atoms with Gasteiger partial charge in [0.1, 0.15) is 6.10 Å². The number of rotatable bonds is 4. The Balaban J connectivity index is 2.22. The molecule has 0 N–H and O–H groups in total. The maximum Gasteiger partial charge on any atom is 0.120 e. The lowest BCUT2D eigenvalue weighted by Crippen LogP contribution is -1.95. The molecule has 1 nitrogen and oxygen atoms in total. The summed E-state index contributed by atoms with van der Waals surface area (Å²) < 4.78 is 5.70. The van der Waals surface area contributed by atoms with Gasteiger partial charge >= 0.3 is 0 Å². The van der Waals surface area contributed by atoms with Crippen LogP contribution in [0.15, 0.2) is 67.0 Å². The van der Waals surface area contributed by atoms with Crippen LogP contribution in [0.2, 0.25) is 0 Å². The molecule has 0 saturated carbocycles. The highest BCUT2D eigenvalue weighted by Gasteiger charge is 2.05. The molecule has 0 aliphatic carbocycles. The van der Waals surface area contributed by atoms with E-state index in [4.69, 9.17) is 4.74 Å². The second kappa shape index (κ2) is 5.54. The normalized spacial score (nSPS) is 13.3. The fourth-order valence-electron chi connectivity index (χ4n) is 1.80. The maximum atomic E-state index is 5.70. The van der Waals surface area contributed by atoms with Gasteiger partial charge in [-0.15, -0.1) is 0 Å². The minimum absolute atomic E-state index is 0.0458. The lowest BCUT2D eigenvalue weighted by Gasteiger charge is -2.13. The van der Waals surface area contributed by atoms with E-state index in [0.29, 0.717) is 0 Å². The molecule has 0 aliphatic rings. The molecule has 0 bridgehead atoms. The van der Waals surface area contributed by atoms with E-state index >= 15 is 0 Å². The van der Waals surface area contributed by atoms with E-state index in [1.807, 2.05) is 6.92 Å². The standard InChI is InChI=1S/C17H18O/c1-4-13(2)12-18-14(3)16-10-9-15-7-5-6-8-17(15)11-16/h4-12,14H,1H2,2-3H3/b13-12-. The minimum atomic E-state index is 0.0458. The van der Waals surface area contributed by atoms with Crippen LogP contribution >= 0.6 is 0 Å². The first-order chi connectivity index (χ1) is 8.70. The highest BCUT2D eigenvalue weighted by molar-refractivity contribution is 5.83. The first kappa shape index (κ1) is 12.4. The molecule has 92 valence electrons. The molecule has 2 aromatic rings. The summed E-state index contributed by atoms with van der Waals surface area (Å²) in [5.41, 5.74) is 2.21. The van der Waals surface area contributed by atoms with Crippen molar-refractivity contribution in [2.24, 2.45) is 0 Å². The van der Waals surface area contributed by atoms with Crippen molar-refractivity contribution in [1.29, 1.82) is 0 Å². The molecule has 0 spiro atoms. The molecule has 0 heterocycles. The molecular weight excluding hydrogens is 220 g/mol. The average molecular weight is 238 g/mol. The van der Waals surface area contributed by atoms with Crippen LogP contribution in [0.4, 0.5) is 0 Å². The van der Waals surface area contributed by atoms with Gasteiger partial charge in [0.05, 0.1) is 6.26 Å². The van der Waals surface area contributed by atoms with Crippen LogP contribution in [0.1, 0.15) is 25.5 Å². The molecule has 0 radical (unpaired) electrons. The van der Waals surface area contributed by atoms with Gasteiger partial charge in [0.25, 0.3) is 0 Å². The zero-order chi connectivity index (χ0) is 13.0. The summed E-state index contributed by atoms with van der Waals surface area (Å²) in [6, 6.07) is 14.8. The van der Waals surface area contributed by atoms with Crippen molar-refractivity contribution in [2.45, 2.75) is 20.0 Å². The van der Waals surface area contributed by atoms with Gasteiger partial charge in [-0.25, -0.2) is 0 Å². The molecule has 2 aromatic carbocycles. The SMILES string of the molecule is C=C/C(C)=C\OC(C)c1ccc2ccccc2c1. The van der Waals surface area contributed by atoms with E-state index in [0.717, 1.165) is 5.57 Å². The van der Waals surface area contributed by atoms with Crippen LogP contribution in [0.25, 0.3) is 10.8 Å². The van der Waals surface area contributed by atoms with Gasteiger partial charge in [0.15, 0.2) is 0 Å². The molecule has 0 saturated heterocycles. The van der Waals surface area contributed by atoms with Gasteiger partial charge in [-0.1, -0.05) is 49.1 Å². The van der Waals surface area contributed by atoms with Gasteiger partial charge in [0.2, 0.25) is 0 Å². The Bertz CT molecular complexity index is 581. The van der Waals surface area contributed by atoms with Crippen LogP contribution in [-0.4, -0.2) is 0 Å². The molecule has 1 heteroatoms. The number of hydrogen-bond donors (Lipinski definition) is 0. The fraction of sp³-hybridized carbons (Fsp3) is 0.176. The van der Waals surface area contributed by atoms with Crippen LogP contribution in [-0.2, 0) is 4.74 Å². The molecule has 0 aromatic heterocycles. The molecule has 1 unspecified atom stereocenters. The van der Waals surface area contributed by atoms with Crippen molar-refractivity contribution < 1.29 is 4.74 Å². The molecule has 18 heavy (non-hydrogen) atoms. The Morgan fingerprint density at radius 2 is 1.89 bits per heavy atom. The van der Waals surface area contributed by atoms with E-state index < -0.39 is 0 Å². The van der Waals surface area contributed by atoms with Crippen molar-refractivity contribution in [3.05, 3.63) is 72.5 Å². The number of ether oxygens (including phenoxy) is 1. The predicted molar refractivity (Wildman–Crippen MR) is 77.4 cm³/mol. The summed E-state index contributed by atoms with van der Waals surface area (Å²) in [4.78, 5) is 0. The first-order valence-electron chi connectivity index (χ1n) is 6.14. The highest BCUT2D eigenvalue weighted by atomic mass is 16.5. The Morgan fingerprint density at radius 3 is 2.61 bits per heavy atom. The third kappa shape index (κ3) is 2.80. The molecular formula is C17H18O. The summed E-state index contributed by atoms with van der Waals surface area (Å²) in [5, 5.41) is 2.50. The van der Waals surface area contributed by atoms with Gasteiger partial charge in [-0.05, 0) is 41.8 Å². The van der Waals surface area contributed by atoms with E-state index in [-0.39, 0.29) is 6.10 Å². The molecule has 1 atom stereocenters. The van der Waals surface area contributed by atoms with Crippen LogP contribution < -0.4 is 0 Å². The molecule has 2 rings (SSSR count). The Labute approximate surface area is 108 Å². The second-order valence-electron chi connectivity index (χ2n) is 4.45. The third-order valence-electron chi connectivity index (χ3n) is 3.02. The first-order valence-corrected chi connectivity index (χ1v) is 6.14. The van der Waals surface area contributed by atoms with Gasteiger partial charge in [-0.3, -0.25) is 0 Å². The smallest absolute Gasteiger partial charge is 0.120 e. The highest BCUT2D eigenvalue weighted by Crippen LogP contribution is 2.22. The molecule has 0 amide bonds. The number of benzene rings is 2. The number of hydrogen-bond acceptors (Lipinski definition) is 1. The monoisotopic (exact) mass is 238 g/mol. The topological polar surface area (TPSA) is 9.23 Å². The maximum absolute atomic E-state index is 5.70. The Hall–Kier alpha value is -2.02. The summed E-state index contributed by atoms with van der Waals surface area (Å²) in [6.45, 7) is 7.73. The lowest BCUT2D eigenvalue weighted by molar-refractivity contribution is 0.163. The summed E-state index contributed by atoms with van der Waals surface area (Å²) in [5.74, 6) is 0. The zero-order valence-electron chi connectivity index (χ0n) is 10.9. The fourth-order valence-corrected chi connectivity index (χ4v) is 1.80. The molecule has 0 aliphatic heterocycles. The number of fused-ring (bicyclic) bond motifs is 1. The minimum Gasteiger partial charge on any atom is -0.493 e. The van der Waals surface area contributed by atoms with Crippen molar-refractivity contribution in [3.63, 3.8) is 0 Å². The van der Waals surface area contributed by atoms with Gasteiger partial charge in [0, 0.05) is 0 Å². The summed E-state index contributed by atoms with van der Waals surface area (Å²) in [6.07, 6.45) is 3.59. The van der Waals surface area contributed by atoms with Gasteiger partial charge in [-0.2, -0.15) is 0 Å². The van der Waals surface area contributed by atoms with E-state index in [1.165, 1.54) is 16.3 Å². The van der Waals surface area contributed by atoms with Crippen molar-refractivity contribution in [2.75, 3.05) is 0 Å². The number of allylic oxidation sites excluding steroid dienone is 2. The van der Waals surface area contributed by atoms with Crippen molar-refractivity contribution in [1.82, 2.24) is 0 Å². The Morgan fingerprint density at radius 1 is 1.17 bits per heavy atom. The summed E-state index contributed by atoms with van der Waals surface area (Å²) in [7, 11) is 0. The predicted octanol–water partition coefficient (Wildman–Crippen LogP) is 5.01. The van der Waals surface area contributed by atoms with Crippen molar-refractivity contribution >= 4 is 10.8 Å². The molecule has 0 fully saturated rings. The quantitative estimate of drug-likeness (QED) is 0.537. The average Bonchev–Trinajstić information content (AvgIpc) is 2.43. The summed E-state index contributed by atoms with van der Waals surface area (Å²) >= 11 is 0. The lowest BCUT2D eigenvalue weighted by atomic mass is 10.0. The third-order valence-corrected chi connectivity index (χ3v) is 3.02. The van der Waals surface area contributed by atoms with Crippen LogP contribution in [0.5, 0.6) is 0 Å². The Kier molecular flexibility index (Phi) is 3.83. The van der Waals surface area contributed by atoms with E-state index in [2.05, 4.69) is 56.0 Å². The van der Waals surface area contributed by atoms with Crippen molar-refractivity contribution in [3.8, 4) is 0 Å². The largest absolute Gasteiger partial charge is 0.493 e.